The Bertz CT molecular complexity index is 424. The zero-order valence-electron chi connectivity index (χ0n) is 10.5. The summed E-state index contributed by atoms with van der Waals surface area (Å²) in [4.78, 5) is 2.55. The van der Waals surface area contributed by atoms with Crippen LogP contribution in [0.4, 0.5) is 5.69 Å². The molecular formula is C14H21N2P. The van der Waals surface area contributed by atoms with E-state index >= 15 is 0 Å². The molecule has 2 heterocycles. The van der Waals surface area contributed by atoms with Crippen molar-refractivity contribution in [3.63, 3.8) is 0 Å². The van der Waals surface area contributed by atoms with Gasteiger partial charge in [0.2, 0.25) is 0 Å². The molecule has 0 bridgehead atoms. The van der Waals surface area contributed by atoms with Crippen LogP contribution in [0, 0.1) is 0 Å². The third-order valence-corrected chi connectivity index (χ3v) is 4.93. The molecule has 0 aromatic heterocycles. The zero-order chi connectivity index (χ0) is 11.9. The molecule has 92 valence electrons. The van der Waals surface area contributed by atoms with Crippen molar-refractivity contribution in [2.45, 2.75) is 31.2 Å². The molecule has 1 fully saturated rings. The fourth-order valence-electron chi connectivity index (χ4n) is 3.40. The predicted molar refractivity (Wildman–Crippen MR) is 77.3 cm³/mol. The van der Waals surface area contributed by atoms with Gasteiger partial charge in [-0.3, -0.25) is 0 Å². The Morgan fingerprint density at radius 1 is 1.24 bits per heavy atom. The minimum absolute atomic E-state index is 0.417. The summed E-state index contributed by atoms with van der Waals surface area (Å²) in [6.45, 7) is 2.34. The number of anilines is 1. The van der Waals surface area contributed by atoms with Crippen LogP contribution in [0.15, 0.2) is 18.2 Å². The van der Waals surface area contributed by atoms with E-state index in [4.69, 9.17) is 0 Å². The summed E-state index contributed by atoms with van der Waals surface area (Å²) in [5.74, 6) is 0. The van der Waals surface area contributed by atoms with Crippen molar-refractivity contribution in [2.75, 3.05) is 25.0 Å². The van der Waals surface area contributed by atoms with E-state index in [1.807, 2.05) is 0 Å². The lowest BCUT2D eigenvalue weighted by Gasteiger charge is -2.50. The zero-order valence-corrected chi connectivity index (χ0v) is 11.7. The van der Waals surface area contributed by atoms with Gasteiger partial charge in [-0.25, -0.2) is 0 Å². The molecule has 1 atom stereocenters. The summed E-state index contributed by atoms with van der Waals surface area (Å²) in [5.41, 5.74) is 3.38. The van der Waals surface area contributed by atoms with E-state index in [-0.39, 0.29) is 0 Å². The van der Waals surface area contributed by atoms with Crippen molar-refractivity contribution in [2.24, 2.45) is 0 Å². The Morgan fingerprint density at radius 3 is 2.76 bits per heavy atom. The minimum Gasteiger partial charge on any atom is -0.369 e. The van der Waals surface area contributed by atoms with Crippen molar-refractivity contribution in [3.05, 3.63) is 23.8 Å². The highest BCUT2D eigenvalue weighted by atomic mass is 31.0. The van der Waals surface area contributed by atoms with Gasteiger partial charge in [0.05, 0.1) is 0 Å². The third-order valence-electron chi connectivity index (χ3n) is 4.57. The number of hydrogen-bond donors (Lipinski definition) is 1. The second-order valence-electron chi connectivity index (χ2n) is 5.42. The van der Waals surface area contributed by atoms with E-state index < -0.39 is 0 Å². The maximum atomic E-state index is 3.48. The number of nitrogens with zero attached hydrogens (tertiary/aromatic N) is 1. The molecule has 2 nitrogen and oxygen atoms in total. The molecule has 0 saturated carbocycles. The first-order valence-electron chi connectivity index (χ1n) is 6.54. The predicted octanol–water partition coefficient (Wildman–Crippen LogP) is 1.69. The lowest BCUT2D eigenvalue weighted by Crippen LogP contribution is -2.55. The van der Waals surface area contributed by atoms with Crippen molar-refractivity contribution in [1.29, 1.82) is 0 Å². The van der Waals surface area contributed by atoms with Crippen LogP contribution in [0.5, 0.6) is 0 Å². The van der Waals surface area contributed by atoms with Crippen LogP contribution in [0.1, 0.15) is 24.8 Å². The fourth-order valence-corrected chi connectivity index (χ4v) is 3.70. The second-order valence-corrected chi connectivity index (χ2v) is 6.09. The number of rotatable bonds is 0. The first-order chi connectivity index (χ1) is 8.21. The number of fused-ring (bicyclic) bond motifs is 1. The number of aryl methyl sites for hydroxylation is 1. The van der Waals surface area contributed by atoms with Gasteiger partial charge in [-0.15, -0.1) is 9.24 Å². The summed E-state index contributed by atoms with van der Waals surface area (Å²) in [7, 11) is 5.09. The van der Waals surface area contributed by atoms with Gasteiger partial charge >= 0.3 is 0 Å². The standard InChI is InChI=1S/C14H21N2P/c1-16-13-3-2-12(17)10-11(13)4-5-14(16)6-8-15-9-7-14/h2-3,10,15H,4-9,17H2,1H3. The van der Waals surface area contributed by atoms with Gasteiger partial charge in [-0.1, -0.05) is 6.07 Å². The van der Waals surface area contributed by atoms with E-state index in [9.17, 15) is 0 Å². The highest BCUT2D eigenvalue weighted by molar-refractivity contribution is 7.27. The number of nitrogens with one attached hydrogen (secondary N) is 1. The average Bonchev–Trinajstić information content (AvgIpc) is 2.36. The van der Waals surface area contributed by atoms with Gasteiger partial charge in [-0.2, -0.15) is 0 Å². The quantitative estimate of drug-likeness (QED) is 0.703. The van der Waals surface area contributed by atoms with Crippen LogP contribution in [-0.4, -0.2) is 25.7 Å². The molecule has 1 aromatic carbocycles. The van der Waals surface area contributed by atoms with Gasteiger partial charge in [0.15, 0.2) is 0 Å². The maximum absolute atomic E-state index is 3.48. The largest absolute Gasteiger partial charge is 0.369 e. The molecule has 1 saturated heterocycles. The van der Waals surface area contributed by atoms with Crippen molar-refractivity contribution in [1.82, 2.24) is 5.32 Å². The summed E-state index contributed by atoms with van der Waals surface area (Å²) < 4.78 is 0. The lowest BCUT2D eigenvalue weighted by molar-refractivity contribution is 0.271. The van der Waals surface area contributed by atoms with Crippen LogP contribution >= 0.6 is 9.24 Å². The van der Waals surface area contributed by atoms with Crippen molar-refractivity contribution in [3.8, 4) is 0 Å². The maximum Gasteiger partial charge on any atom is 0.0426 e. The molecule has 1 aromatic rings. The fraction of sp³-hybridized carbons (Fsp3) is 0.571. The molecule has 3 rings (SSSR count). The summed E-state index contributed by atoms with van der Waals surface area (Å²) >= 11 is 0. The first kappa shape index (κ1) is 11.5. The van der Waals surface area contributed by atoms with Gasteiger partial charge < -0.3 is 10.2 Å². The smallest absolute Gasteiger partial charge is 0.0426 e. The van der Waals surface area contributed by atoms with Crippen LogP contribution in [0.25, 0.3) is 0 Å². The van der Waals surface area contributed by atoms with E-state index in [0.717, 1.165) is 0 Å². The monoisotopic (exact) mass is 248 g/mol. The van der Waals surface area contributed by atoms with Gasteiger partial charge in [0, 0.05) is 18.3 Å². The van der Waals surface area contributed by atoms with Crippen molar-refractivity contribution >= 4 is 20.2 Å². The normalized spacial score (nSPS) is 22.6. The highest BCUT2D eigenvalue weighted by Crippen LogP contribution is 2.40. The Labute approximate surface area is 106 Å². The van der Waals surface area contributed by atoms with Crippen molar-refractivity contribution < 1.29 is 0 Å². The van der Waals surface area contributed by atoms with Crippen LogP contribution in [0.2, 0.25) is 0 Å². The van der Waals surface area contributed by atoms with Gasteiger partial charge in [0.1, 0.15) is 0 Å². The summed E-state index contributed by atoms with van der Waals surface area (Å²) in [6, 6.07) is 6.82. The Morgan fingerprint density at radius 2 is 2.00 bits per heavy atom. The second kappa shape index (κ2) is 4.26. The molecule has 0 aliphatic carbocycles. The average molecular weight is 248 g/mol. The van der Waals surface area contributed by atoms with E-state index in [1.54, 1.807) is 0 Å². The molecule has 0 amide bonds. The Balaban J connectivity index is 1.96. The molecule has 3 heteroatoms. The highest BCUT2D eigenvalue weighted by Gasteiger charge is 2.39. The molecule has 17 heavy (non-hydrogen) atoms. The number of benzene rings is 1. The third kappa shape index (κ3) is 1.88. The SMILES string of the molecule is CN1c2ccc(P)cc2CCC12CCNCC2. The van der Waals surface area contributed by atoms with Gasteiger partial charge in [-0.05, 0) is 61.8 Å². The summed E-state index contributed by atoms with van der Waals surface area (Å²) in [5, 5.41) is 4.78. The van der Waals surface area contributed by atoms with E-state index in [1.165, 1.54) is 55.3 Å². The lowest BCUT2D eigenvalue weighted by atomic mass is 9.78. The van der Waals surface area contributed by atoms with E-state index in [2.05, 4.69) is 44.7 Å². The van der Waals surface area contributed by atoms with E-state index in [0.29, 0.717) is 5.54 Å². The van der Waals surface area contributed by atoms with Gasteiger partial charge in [0.25, 0.3) is 0 Å². The minimum atomic E-state index is 0.417. The molecule has 1 N–H and O–H groups in total. The molecule has 0 radical (unpaired) electrons. The molecule has 2 aliphatic rings. The first-order valence-corrected chi connectivity index (χ1v) is 7.12. The molecule has 2 aliphatic heterocycles. The van der Waals surface area contributed by atoms with Crippen LogP contribution in [-0.2, 0) is 6.42 Å². The molecule has 1 unspecified atom stereocenters. The summed E-state index contributed by atoms with van der Waals surface area (Å²) in [6.07, 6.45) is 5.12. The molecular weight excluding hydrogens is 227 g/mol. The Hall–Kier alpha value is -0.590. The van der Waals surface area contributed by atoms with Crippen LogP contribution < -0.4 is 15.5 Å². The Kier molecular flexibility index (Phi) is 2.88. The molecule has 1 spiro atoms. The number of piperidine rings is 1. The topological polar surface area (TPSA) is 15.3 Å². The van der Waals surface area contributed by atoms with Crippen LogP contribution in [0.3, 0.4) is 0 Å². The number of hydrogen-bond acceptors (Lipinski definition) is 2.